The van der Waals surface area contributed by atoms with Crippen molar-refractivity contribution in [1.29, 1.82) is 0 Å². The summed E-state index contributed by atoms with van der Waals surface area (Å²) in [5.41, 5.74) is 4.45. The number of para-hydroxylation sites is 1. The van der Waals surface area contributed by atoms with E-state index in [1.165, 1.54) is 11.1 Å². The van der Waals surface area contributed by atoms with Gasteiger partial charge in [0.1, 0.15) is 23.0 Å². The van der Waals surface area contributed by atoms with Gasteiger partial charge in [-0.25, -0.2) is 4.79 Å². The number of carboxylic acids is 1. The minimum atomic E-state index is -1.03. The van der Waals surface area contributed by atoms with Crippen LogP contribution in [0.25, 0.3) is 0 Å². The number of fused-ring (bicyclic) bond motifs is 3. The molecule has 6 heteroatoms. The Bertz CT molecular complexity index is 1300. The third-order valence-corrected chi connectivity index (χ3v) is 7.58. The highest BCUT2D eigenvalue weighted by molar-refractivity contribution is 5.68. The van der Waals surface area contributed by atoms with Crippen molar-refractivity contribution < 1.29 is 28.8 Å². The lowest BCUT2D eigenvalue weighted by atomic mass is 9.74. The van der Waals surface area contributed by atoms with Crippen LogP contribution in [0.1, 0.15) is 54.9 Å². The van der Waals surface area contributed by atoms with E-state index >= 15 is 0 Å². The molecule has 3 aromatic carbocycles. The van der Waals surface area contributed by atoms with E-state index in [0.717, 1.165) is 48.3 Å². The van der Waals surface area contributed by atoms with Crippen LogP contribution in [-0.4, -0.2) is 30.9 Å². The molecule has 3 aromatic rings. The predicted molar refractivity (Wildman–Crippen MR) is 145 cm³/mol. The van der Waals surface area contributed by atoms with Gasteiger partial charge in [-0.2, -0.15) is 0 Å². The number of ether oxygens (including phenoxy) is 4. The fourth-order valence-corrected chi connectivity index (χ4v) is 5.76. The molecule has 1 aliphatic carbocycles. The summed E-state index contributed by atoms with van der Waals surface area (Å²) >= 11 is 0. The molecule has 0 spiro atoms. The summed E-state index contributed by atoms with van der Waals surface area (Å²) in [5.74, 6) is 1.95. The van der Waals surface area contributed by atoms with E-state index in [4.69, 9.17) is 18.9 Å². The largest absolute Gasteiger partial charge is 0.497 e. The van der Waals surface area contributed by atoms with E-state index in [0.29, 0.717) is 11.5 Å². The van der Waals surface area contributed by atoms with Crippen molar-refractivity contribution in [2.24, 2.45) is 5.92 Å². The number of carboxylic acid groups (broad SMARTS) is 1. The Morgan fingerprint density at radius 2 is 1.82 bits per heavy atom. The van der Waals surface area contributed by atoms with Crippen LogP contribution in [-0.2, 0) is 16.0 Å². The molecule has 1 fully saturated rings. The fourth-order valence-electron chi connectivity index (χ4n) is 5.76. The summed E-state index contributed by atoms with van der Waals surface area (Å²) in [5, 5.41) is 9.28. The summed E-state index contributed by atoms with van der Waals surface area (Å²) in [6.07, 6.45) is 3.51. The minimum absolute atomic E-state index is 0.0171. The monoisotopic (exact) mass is 514 g/mol. The van der Waals surface area contributed by atoms with Gasteiger partial charge in [-0.1, -0.05) is 36.4 Å². The molecule has 1 N–H and O–H groups in total. The third kappa shape index (κ3) is 5.55. The van der Waals surface area contributed by atoms with E-state index in [9.17, 15) is 9.90 Å². The quantitative estimate of drug-likeness (QED) is 0.324. The molecule has 6 nitrogen and oxygen atoms in total. The Hall–Kier alpha value is -3.77. The lowest BCUT2D eigenvalue weighted by molar-refractivity contribution is -0.139. The van der Waals surface area contributed by atoms with Gasteiger partial charge in [0, 0.05) is 17.4 Å². The molecule has 1 aliphatic heterocycles. The van der Waals surface area contributed by atoms with Crippen LogP contribution in [0.15, 0.2) is 78.9 Å². The molecular formula is C32H34O6. The first-order chi connectivity index (χ1) is 18.4. The highest BCUT2D eigenvalue weighted by Crippen LogP contribution is 2.51. The summed E-state index contributed by atoms with van der Waals surface area (Å²) in [6.45, 7) is 5.93. The maximum atomic E-state index is 11.3. The van der Waals surface area contributed by atoms with Gasteiger partial charge >= 0.3 is 5.97 Å². The molecule has 1 saturated heterocycles. The van der Waals surface area contributed by atoms with Crippen molar-refractivity contribution in [1.82, 2.24) is 0 Å². The van der Waals surface area contributed by atoms with Gasteiger partial charge in [-0.05, 0) is 86.2 Å². The van der Waals surface area contributed by atoms with Crippen LogP contribution in [0.4, 0.5) is 0 Å². The molecular weight excluding hydrogens is 480 g/mol. The van der Waals surface area contributed by atoms with Crippen molar-refractivity contribution in [3.8, 4) is 23.0 Å². The predicted octanol–water partition coefficient (Wildman–Crippen LogP) is 7.09. The molecule has 0 saturated carbocycles. The first-order valence-electron chi connectivity index (χ1n) is 13.1. The van der Waals surface area contributed by atoms with Crippen LogP contribution in [0.3, 0.4) is 0 Å². The van der Waals surface area contributed by atoms with Crippen LogP contribution in [0.5, 0.6) is 23.0 Å². The molecule has 0 bridgehead atoms. The van der Waals surface area contributed by atoms with Gasteiger partial charge in [0.2, 0.25) is 0 Å². The van der Waals surface area contributed by atoms with Crippen molar-refractivity contribution in [2.45, 2.75) is 50.7 Å². The zero-order valence-corrected chi connectivity index (χ0v) is 21.9. The average Bonchev–Trinajstić information content (AvgIpc) is 3.10. The highest BCUT2D eigenvalue weighted by Gasteiger charge is 2.42. The number of hydrogen-bond donors (Lipinski definition) is 1. The molecule has 5 rings (SSSR count). The molecule has 2 aliphatic rings. The first kappa shape index (κ1) is 25.9. The molecule has 0 amide bonds. The average molecular weight is 515 g/mol. The van der Waals surface area contributed by atoms with Gasteiger partial charge in [0.25, 0.3) is 0 Å². The number of rotatable bonds is 8. The summed E-state index contributed by atoms with van der Waals surface area (Å²) in [6, 6.07) is 21.4. The number of aryl methyl sites for hydroxylation is 1. The Labute approximate surface area is 223 Å². The second-order valence-electron chi connectivity index (χ2n) is 10.1. The third-order valence-electron chi connectivity index (χ3n) is 7.58. The second-order valence-corrected chi connectivity index (χ2v) is 10.1. The maximum absolute atomic E-state index is 11.3. The van der Waals surface area contributed by atoms with Crippen LogP contribution >= 0.6 is 0 Å². The fraction of sp³-hybridized carbons (Fsp3) is 0.344. The molecule has 1 heterocycles. The van der Waals surface area contributed by atoms with Crippen LogP contribution in [0, 0.1) is 5.92 Å². The Balaban J connectivity index is 1.51. The molecule has 0 aromatic heterocycles. The van der Waals surface area contributed by atoms with Gasteiger partial charge in [0.15, 0.2) is 6.61 Å². The number of aliphatic carboxylic acids is 1. The SMILES string of the molecule is C=C(C)[C@H]1C[C@@H]2c3ccc(OC)cc3CCC[C@@H]2O[C@@H]1c1cc(Oc2ccccc2)ccc1OCC(=O)O. The van der Waals surface area contributed by atoms with Crippen LogP contribution in [0.2, 0.25) is 0 Å². The van der Waals surface area contributed by atoms with Crippen molar-refractivity contribution in [3.63, 3.8) is 0 Å². The molecule has 4 atom stereocenters. The summed E-state index contributed by atoms with van der Waals surface area (Å²) < 4.78 is 24.3. The maximum Gasteiger partial charge on any atom is 0.341 e. The Morgan fingerprint density at radius 3 is 2.55 bits per heavy atom. The van der Waals surface area contributed by atoms with E-state index in [-0.39, 0.29) is 24.0 Å². The van der Waals surface area contributed by atoms with E-state index in [1.807, 2.05) is 49.4 Å². The van der Waals surface area contributed by atoms with Crippen LogP contribution < -0.4 is 14.2 Å². The number of hydrogen-bond acceptors (Lipinski definition) is 5. The number of carbonyl (C=O) groups is 1. The van der Waals surface area contributed by atoms with Gasteiger partial charge in [0.05, 0.1) is 19.3 Å². The van der Waals surface area contributed by atoms with Crippen molar-refractivity contribution in [2.75, 3.05) is 13.7 Å². The zero-order valence-electron chi connectivity index (χ0n) is 21.9. The van der Waals surface area contributed by atoms with Gasteiger partial charge in [-0.15, -0.1) is 0 Å². The number of benzene rings is 3. The van der Waals surface area contributed by atoms with Crippen molar-refractivity contribution in [3.05, 3.63) is 95.6 Å². The second kappa shape index (κ2) is 11.3. The standard InChI is InChI=1S/C32H34O6/c1-20(2)26-18-27-25-14-12-23(35-3)16-21(25)8-7-11-30(27)38-32(26)28-17-24(37-22-9-5-4-6-10-22)13-15-29(28)36-19-31(33)34/h4-6,9-10,12-17,26-27,30,32H,1,7-8,11,18-19H2,2-3H3,(H,33,34)/t26-,27-,30+,32+/m1/s1. The lowest BCUT2D eigenvalue weighted by Crippen LogP contribution is -2.36. The Kier molecular flexibility index (Phi) is 7.70. The molecule has 198 valence electrons. The van der Waals surface area contributed by atoms with Crippen molar-refractivity contribution >= 4 is 5.97 Å². The smallest absolute Gasteiger partial charge is 0.341 e. The summed E-state index contributed by atoms with van der Waals surface area (Å²) in [4.78, 5) is 11.3. The van der Waals surface area contributed by atoms with E-state index in [2.05, 4.69) is 18.7 Å². The van der Waals surface area contributed by atoms with Gasteiger partial charge in [-0.3, -0.25) is 0 Å². The summed E-state index contributed by atoms with van der Waals surface area (Å²) in [7, 11) is 1.70. The van der Waals surface area contributed by atoms with E-state index < -0.39 is 12.6 Å². The molecule has 0 radical (unpaired) electrons. The molecule has 0 unspecified atom stereocenters. The van der Waals surface area contributed by atoms with E-state index in [1.54, 1.807) is 19.2 Å². The zero-order chi connectivity index (χ0) is 26.6. The highest BCUT2D eigenvalue weighted by atomic mass is 16.5. The lowest BCUT2D eigenvalue weighted by Gasteiger charge is -2.43. The minimum Gasteiger partial charge on any atom is -0.497 e. The topological polar surface area (TPSA) is 74.2 Å². The molecule has 38 heavy (non-hydrogen) atoms. The Morgan fingerprint density at radius 1 is 1.03 bits per heavy atom. The normalized spacial score (nSPS) is 22.4. The first-order valence-corrected chi connectivity index (χ1v) is 13.1. The number of methoxy groups -OCH3 is 1. The van der Waals surface area contributed by atoms with Gasteiger partial charge < -0.3 is 24.1 Å².